The van der Waals surface area contributed by atoms with Gasteiger partial charge in [-0.05, 0) is 18.2 Å². The van der Waals surface area contributed by atoms with Crippen molar-refractivity contribution in [3.8, 4) is 23.1 Å². The minimum atomic E-state index is -0.597. The number of halogens is 1. The molecule has 94 valence electrons. The monoisotopic (exact) mass is 249 g/mol. The van der Waals surface area contributed by atoms with Gasteiger partial charge in [-0.2, -0.15) is 9.37 Å². The minimum Gasteiger partial charge on any atom is -0.497 e. The lowest BCUT2D eigenvalue weighted by Gasteiger charge is -2.10. The van der Waals surface area contributed by atoms with Crippen LogP contribution in [0, 0.1) is 5.95 Å². The molecule has 0 N–H and O–H groups in total. The third-order valence-corrected chi connectivity index (χ3v) is 2.27. The second kappa shape index (κ2) is 5.35. The molecule has 4 nitrogen and oxygen atoms in total. The molecule has 0 spiro atoms. The first kappa shape index (κ1) is 12.2. The maximum absolute atomic E-state index is 12.9. The van der Waals surface area contributed by atoms with Gasteiger partial charge in [0.05, 0.1) is 14.2 Å². The van der Waals surface area contributed by atoms with Crippen LogP contribution >= 0.6 is 0 Å². The third-order valence-electron chi connectivity index (χ3n) is 2.27. The summed E-state index contributed by atoms with van der Waals surface area (Å²) in [5.74, 6) is 1.14. The lowest BCUT2D eigenvalue weighted by Crippen LogP contribution is -1.94. The molecule has 0 atom stereocenters. The van der Waals surface area contributed by atoms with Crippen LogP contribution in [-0.4, -0.2) is 19.2 Å². The van der Waals surface area contributed by atoms with E-state index in [1.54, 1.807) is 31.4 Å². The van der Waals surface area contributed by atoms with Gasteiger partial charge in [-0.15, -0.1) is 0 Å². The average Bonchev–Trinajstić information content (AvgIpc) is 2.39. The summed E-state index contributed by atoms with van der Waals surface area (Å²) in [5.41, 5.74) is 0. The van der Waals surface area contributed by atoms with Crippen LogP contribution in [-0.2, 0) is 0 Å². The second-order valence-electron chi connectivity index (χ2n) is 3.42. The normalized spacial score (nSPS) is 9.94. The molecular weight excluding hydrogens is 237 g/mol. The Morgan fingerprint density at radius 2 is 1.83 bits per heavy atom. The molecule has 1 aromatic carbocycles. The fraction of sp³-hybridized carbons (Fsp3) is 0.154. The SMILES string of the molecule is COc1ccc(Oc2cccc(F)n2)c(OC)c1. The van der Waals surface area contributed by atoms with E-state index in [1.165, 1.54) is 19.2 Å². The van der Waals surface area contributed by atoms with Crippen molar-refractivity contribution in [3.05, 3.63) is 42.3 Å². The maximum atomic E-state index is 12.9. The Bertz CT molecular complexity index is 546. The molecule has 1 aromatic heterocycles. The van der Waals surface area contributed by atoms with Crippen LogP contribution in [0.1, 0.15) is 0 Å². The molecular formula is C13H12FNO3. The summed E-state index contributed by atoms with van der Waals surface area (Å²) in [6.07, 6.45) is 0. The van der Waals surface area contributed by atoms with E-state index in [1.807, 2.05) is 0 Å². The predicted molar refractivity (Wildman–Crippen MR) is 63.8 cm³/mol. The number of hydrogen-bond donors (Lipinski definition) is 0. The summed E-state index contributed by atoms with van der Waals surface area (Å²) in [4.78, 5) is 3.61. The van der Waals surface area contributed by atoms with Gasteiger partial charge in [-0.25, -0.2) is 0 Å². The average molecular weight is 249 g/mol. The largest absolute Gasteiger partial charge is 0.497 e. The summed E-state index contributed by atoms with van der Waals surface area (Å²) in [6, 6.07) is 9.40. The Balaban J connectivity index is 2.28. The van der Waals surface area contributed by atoms with Crippen LogP contribution < -0.4 is 14.2 Å². The van der Waals surface area contributed by atoms with E-state index in [4.69, 9.17) is 14.2 Å². The van der Waals surface area contributed by atoms with E-state index in [2.05, 4.69) is 4.98 Å². The summed E-state index contributed by atoms with van der Waals surface area (Å²) >= 11 is 0. The fourth-order valence-corrected chi connectivity index (χ4v) is 1.42. The zero-order valence-electron chi connectivity index (χ0n) is 10.0. The second-order valence-corrected chi connectivity index (χ2v) is 3.42. The fourth-order valence-electron chi connectivity index (χ4n) is 1.42. The molecule has 0 fully saturated rings. The molecule has 0 saturated carbocycles. The van der Waals surface area contributed by atoms with Gasteiger partial charge in [-0.3, -0.25) is 0 Å². The van der Waals surface area contributed by atoms with Crippen LogP contribution in [0.3, 0.4) is 0 Å². The first-order valence-electron chi connectivity index (χ1n) is 5.25. The Morgan fingerprint density at radius 1 is 1.00 bits per heavy atom. The molecule has 2 rings (SSSR count). The Morgan fingerprint density at radius 3 is 2.50 bits per heavy atom. The van der Waals surface area contributed by atoms with Crippen molar-refractivity contribution in [2.24, 2.45) is 0 Å². The minimum absolute atomic E-state index is 0.165. The first-order chi connectivity index (χ1) is 8.72. The number of hydrogen-bond acceptors (Lipinski definition) is 4. The molecule has 0 aliphatic rings. The highest BCUT2D eigenvalue weighted by Crippen LogP contribution is 2.33. The molecule has 0 unspecified atom stereocenters. The van der Waals surface area contributed by atoms with Gasteiger partial charge in [0.1, 0.15) is 5.75 Å². The molecule has 0 amide bonds. The lowest BCUT2D eigenvalue weighted by molar-refractivity contribution is 0.363. The van der Waals surface area contributed by atoms with Gasteiger partial charge < -0.3 is 14.2 Å². The van der Waals surface area contributed by atoms with Crippen LogP contribution in [0.15, 0.2) is 36.4 Å². The van der Waals surface area contributed by atoms with Crippen molar-refractivity contribution in [1.82, 2.24) is 4.98 Å². The highest BCUT2D eigenvalue weighted by Gasteiger charge is 2.08. The van der Waals surface area contributed by atoms with Gasteiger partial charge in [-0.1, -0.05) is 6.07 Å². The van der Waals surface area contributed by atoms with Crippen molar-refractivity contribution < 1.29 is 18.6 Å². The number of benzene rings is 1. The summed E-state index contributed by atoms with van der Waals surface area (Å²) < 4.78 is 28.6. The van der Waals surface area contributed by atoms with Gasteiger partial charge in [0.15, 0.2) is 11.5 Å². The molecule has 18 heavy (non-hydrogen) atoms. The Labute approximate surface area is 104 Å². The topological polar surface area (TPSA) is 40.6 Å². The van der Waals surface area contributed by atoms with Crippen LogP contribution in [0.2, 0.25) is 0 Å². The van der Waals surface area contributed by atoms with Gasteiger partial charge >= 0.3 is 0 Å². The molecule has 0 bridgehead atoms. The number of rotatable bonds is 4. The number of aromatic nitrogens is 1. The zero-order chi connectivity index (χ0) is 13.0. The van der Waals surface area contributed by atoms with Crippen LogP contribution in [0.4, 0.5) is 4.39 Å². The van der Waals surface area contributed by atoms with Crippen LogP contribution in [0.25, 0.3) is 0 Å². The molecule has 0 radical (unpaired) electrons. The van der Waals surface area contributed by atoms with Gasteiger partial charge in [0, 0.05) is 12.1 Å². The molecule has 1 heterocycles. The Hall–Kier alpha value is -2.30. The molecule has 5 heteroatoms. The number of pyridine rings is 1. The Kier molecular flexibility index (Phi) is 3.62. The van der Waals surface area contributed by atoms with E-state index >= 15 is 0 Å². The zero-order valence-corrected chi connectivity index (χ0v) is 10.0. The van der Waals surface area contributed by atoms with E-state index in [0.29, 0.717) is 17.2 Å². The third kappa shape index (κ3) is 2.68. The lowest BCUT2D eigenvalue weighted by atomic mass is 10.3. The molecule has 2 aromatic rings. The summed E-state index contributed by atoms with van der Waals surface area (Å²) in [7, 11) is 3.07. The van der Waals surface area contributed by atoms with E-state index in [0.717, 1.165) is 0 Å². The van der Waals surface area contributed by atoms with E-state index in [-0.39, 0.29) is 5.88 Å². The van der Waals surface area contributed by atoms with Crippen molar-refractivity contribution >= 4 is 0 Å². The summed E-state index contributed by atoms with van der Waals surface area (Å²) in [5, 5.41) is 0. The number of methoxy groups -OCH3 is 2. The molecule has 0 aliphatic carbocycles. The summed E-state index contributed by atoms with van der Waals surface area (Å²) in [6.45, 7) is 0. The van der Waals surface area contributed by atoms with Crippen molar-refractivity contribution in [2.45, 2.75) is 0 Å². The van der Waals surface area contributed by atoms with E-state index in [9.17, 15) is 4.39 Å². The number of nitrogens with zero attached hydrogens (tertiary/aromatic N) is 1. The van der Waals surface area contributed by atoms with Crippen molar-refractivity contribution in [1.29, 1.82) is 0 Å². The van der Waals surface area contributed by atoms with Crippen LogP contribution in [0.5, 0.6) is 23.1 Å². The molecule has 0 saturated heterocycles. The smallest absolute Gasteiger partial charge is 0.222 e. The maximum Gasteiger partial charge on any atom is 0.222 e. The van der Waals surface area contributed by atoms with Gasteiger partial charge in [0.25, 0.3) is 0 Å². The standard InChI is InChI=1S/C13H12FNO3/c1-16-9-6-7-10(11(8-9)17-2)18-13-5-3-4-12(14)15-13/h3-8H,1-2H3. The highest BCUT2D eigenvalue weighted by molar-refractivity contribution is 5.46. The first-order valence-corrected chi connectivity index (χ1v) is 5.25. The molecule has 0 aliphatic heterocycles. The van der Waals surface area contributed by atoms with Crippen molar-refractivity contribution in [2.75, 3.05) is 14.2 Å². The number of ether oxygens (including phenoxy) is 3. The van der Waals surface area contributed by atoms with Crippen molar-refractivity contribution in [3.63, 3.8) is 0 Å². The quantitative estimate of drug-likeness (QED) is 0.781. The highest BCUT2D eigenvalue weighted by atomic mass is 19.1. The van der Waals surface area contributed by atoms with E-state index < -0.39 is 5.95 Å². The predicted octanol–water partition coefficient (Wildman–Crippen LogP) is 3.03. The van der Waals surface area contributed by atoms with Gasteiger partial charge in [0.2, 0.25) is 11.8 Å².